The number of rotatable bonds is 1. The van der Waals surface area contributed by atoms with E-state index in [0.717, 1.165) is 0 Å². The first-order valence-corrected chi connectivity index (χ1v) is 1.55. The predicted octanol–water partition coefficient (Wildman–Crippen LogP) is 1.99. The standard InChI is InChI=1S/C4H5F2/c1-2-4(6)3-5/h3H,1-2H2/b4-3+. The van der Waals surface area contributed by atoms with Gasteiger partial charge in [0, 0.05) is 6.42 Å². The van der Waals surface area contributed by atoms with Crippen LogP contribution < -0.4 is 0 Å². The molecule has 2 heteroatoms. The highest BCUT2D eigenvalue weighted by atomic mass is 19.2. The number of halogens is 2. The van der Waals surface area contributed by atoms with E-state index in [0.29, 0.717) is 0 Å². The maximum atomic E-state index is 11.3. The Morgan fingerprint density at radius 1 is 1.83 bits per heavy atom. The highest BCUT2D eigenvalue weighted by molar-refractivity contribution is 4.84. The molecule has 0 nitrogen and oxygen atoms in total. The summed E-state index contributed by atoms with van der Waals surface area (Å²) in [5.74, 6) is -0.810. The predicted molar refractivity (Wildman–Crippen MR) is 20.3 cm³/mol. The molecule has 0 aliphatic carbocycles. The molecule has 0 unspecified atom stereocenters. The quantitative estimate of drug-likeness (QED) is 0.463. The van der Waals surface area contributed by atoms with Gasteiger partial charge in [0.15, 0.2) is 0 Å². The molecule has 0 bridgehead atoms. The van der Waals surface area contributed by atoms with Gasteiger partial charge < -0.3 is 0 Å². The normalized spacial score (nSPS) is 12.2. The molecule has 35 valence electrons. The fraction of sp³-hybridized carbons (Fsp3) is 0.250. The fourth-order valence-electron chi connectivity index (χ4n) is 0.0546. The Hall–Kier alpha value is -0.400. The van der Waals surface area contributed by atoms with Gasteiger partial charge in [0.25, 0.3) is 0 Å². The van der Waals surface area contributed by atoms with E-state index in [-0.39, 0.29) is 12.8 Å². The van der Waals surface area contributed by atoms with Crippen molar-refractivity contribution < 1.29 is 8.78 Å². The molecule has 0 aromatic carbocycles. The Morgan fingerprint density at radius 3 is 2.33 bits per heavy atom. The average Bonchev–Trinajstić information content (AvgIpc) is 1.65. The minimum atomic E-state index is -0.810. The van der Waals surface area contributed by atoms with Gasteiger partial charge in [-0.05, 0) is 6.92 Å². The van der Waals surface area contributed by atoms with Gasteiger partial charge in [0.2, 0.25) is 0 Å². The van der Waals surface area contributed by atoms with Crippen molar-refractivity contribution in [2.45, 2.75) is 6.42 Å². The van der Waals surface area contributed by atoms with Gasteiger partial charge in [-0.1, -0.05) is 0 Å². The molecule has 0 aliphatic heterocycles. The molecular formula is C4H5F2. The van der Waals surface area contributed by atoms with Gasteiger partial charge in [0.05, 0.1) is 0 Å². The first kappa shape index (κ1) is 5.60. The van der Waals surface area contributed by atoms with Gasteiger partial charge in [-0.2, -0.15) is 0 Å². The third-order valence-corrected chi connectivity index (χ3v) is 0.357. The molecule has 0 saturated carbocycles. The average molecular weight is 91.1 g/mol. The molecule has 0 spiro atoms. The zero-order valence-corrected chi connectivity index (χ0v) is 3.25. The zero-order valence-electron chi connectivity index (χ0n) is 3.25. The summed E-state index contributed by atoms with van der Waals surface area (Å²) in [6, 6.07) is 0. The van der Waals surface area contributed by atoms with E-state index in [4.69, 9.17) is 0 Å². The summed E-state index contributed by atoms with van der Waals surface area (Å²) in [6.07, 6.45) is -0.191. The van der Waals surface area contributed by atoms with Crippen molar-refractivity contribution in [1.29, 1.82) is 0 Å². The molecule has 0 N–H and O–H groups in total. The van der Waals surface area contributed by atoms with Crippen molar-refractivity contribution >= 4 is 0 Å². The molecular weight excluding hydrogens is 86.0 g/mol. The van der Waals surface area contributed by atoms with E-state index in [9.17, 15) is 8.78 Å². The summed E-state index contributed by atoms with van der Waals surface area (Å²) in [6.45, 7) is 3.07. The summed E-state index contributed by atoms with van der Waals surface area (Å²) in [5.41, 5.74) is 0. The maximum Gasteiger partial charge on any atom is 0.128 e. The second-order valence-electron chi connectivity index (χ2n) is 0.806. The summed E-state index contributed by atoms with van der Waals surface area (Å²) in [7, 11) is 0. The minimum absolute atomic E-state index is 0.0903. The van der Waals surface area contributed by atoms with Crippen molar-refractivity contribution in [2.75, 3.05) is 0 Å². The van der Waals surface area contributed by atoms with Crippen LogP contribution in [0.1, 0.15) is 6.42 Å². The lowest BCUT2D eigenvalue weighted by Gasteiger charge is -1.76. The van der Waals surface area contributed by atoms with Crippen LogP contribution >= 0.6 is 0 Å². The maximum absolute atomic E-state index is 11.3. The zero-order chi connectivity index (χ0) is 4.99. The molecule has 0 aromatic rings. The third-order valence-electron chi connectivity index (χ3n) is 0.357. The summed E-state index contributed by atoms with van der Waals surface area (Å²) in [4.78, 5) is 0. The number of allylic oxidation sites excluding steroid dienone is 1. The van der Waals surface area contributed by atoms with Gasteiger partial charge in [-0.15, -0.1) is 0 Å². The topological polar surface area (TPSA) is 0 Å². The Morgan fingerprint density at radius 2 is 2.33 bits per heavy atom. The lowest BCUT2D eigenvalue weighted by Crippen LogP contribution is -1.60. The van der Waals surface area contributed by atoms with Crippen molar-refractivity contribution in [3.8, 4) is 0 Å². The van der Waals surface area contributed by atoms with Crippen LogP contribution in [0.2, 0.25) is 0 Å². The third kappa shape index (κ3) is 1.88. The van der Waals surface area contributed by atoms with Gasteiger partial charge in [0.1, 0.15) is 12.2 Å². The van der Waals surface area contributed by atoms with Gasteiger partial charge >= 0.3 is 0 Å². The van der Waals surface area contributed by atoms with E-state index in [2.05, 4.69) is 6.92 Å². The summed E-state index contributed by atoms with van der Waals surface area (Å²) < 4.78 is 22.1. The van der Waals surface area contributed by atoms with E-state index in [1.165, 1.54) is 0 Å². The lowest BCUT2D eigenvalue weighted by molar-refractivity contribution is 0.568. The molecule has 0 amide bonds. The minimum Gasteiger partial charge on any atom is -0.213 e. The Kier molecular flexibility index (Phi) is 2.63. The Labute approximate surface area is 35.5 Å². The van der Waals surface area contributed by atoms with Crippen LogP contribution in [0.15, 0.2) is 12.2 Å². The Bertz CT molecular complexity index is 56.6. The molecule has 0 heterocycles. The van der Waals surface area contributed by atoms with Crippen LogP contribution in [0.3, 0.4) is 0 Å². The van der Waals surface area contributed by atoms with Crippen molar-refractivity contribution in [2.24, 2.45) is 0 Å². The fourth-order valence-corrected chi connectivity index (χ4v) is 0.0546. The molecule has 0 aliphatic rings. The largest absolute Gasteiger partial charge is 0.213 e. The highest BCUT2D eigenvalue weighted by Crippen LogP contribution is 1.98. The molecule has 0 atom stereocenters. The number of hydrogen-bond acceptors (Lipinski definition) is 0. The van der Waals surface area contributed by atoms with E-state index >= 15 is 0 Å². The monoisotopic (exact) mass is 91.0 g/mol. The number of hydrogen-bond donors (Lipinski definition) is 0. The van der Waals surface area contributed by atoms with Gasteiger partial charge in [-0.25, -0.2) is 8.78 Å². The molecule has 0 saturated heterocycles. The van der Waals surface area contributed by atoms with Crippen LogP contribution in [-0.2, 0) is 0 Å². The molecule has 0 rings (SSSR count). The first-order chi connectivity index (χ1) is 2.81. The second-order valence-corrected chi connectivity index (χ2v) is 0.806. The van der Waals surface area contributed by atoms with Crippen LogP contribution in [0, 0.1) is 6.92 Å². The molecule has 6 heavy (non-hydrogen) atoms. The van der Waals surface area contributed by atoms with E-state index in [1.54, 1.807) is 0 Å². The van der Waals surface area contributed by atoms with Crippen LogP contribution in [-0.4, -0.2) is 0 Å². The summed E-state index contributed by atoms with van der Waals surface area (Å²) >= 11 is 0. The molecule has 1 radical (unpaired) electrons. The van der Waals surface area contributed by atoms with Gasteiger partial charge in [-0.3, -0.25) is 0 Å². The second kappa shape index (κ2) is 2.82. The van der Waals surface area contributed by atoms with Crippen molar-refractivity contribution in [3.05, 3.63) is 19.1 Å². The lowest BCUT2D eigenvalue weighted by atomic mass is 10.5. The van der Waals surface area contributed by atoms with E-state index in [1.807, 2.05) is 0 Å². The molecule has 0 aromatic heterocycles. The smallest absolute Gasteiger partial charge is 0.128 e. The van der Waals surface area contributed by atoms with Crippen LogP contribution in [0.25, 0.3) is 0 Å². The molecule has 0 fully saturated rings. The summed E-state index contributed by atoms with van der Waals surface area (Å²) in [5, 5.41) is 0. The van der Waals surface area contributed by atoms with Crippen LogP contribution in [0.4, 0.5) is 8.78 Å². The SMILES string of the molecule is [CH2]C/C(F)=C\F. The first-order valence-electron chi connectivity index (χ1n) is 1.55. The van der Waals surface area contributed by atoms with Crippen molar-refractivity contribution in [1.82, 2.24) is 0 Å². The van der Waals surface area contributed by atoms with Crippen molar-refractivity contribution in [3.63, 3.8) is 0 Å². The Balaban J connectivity index is 3.22. The highest BCUT2D eigenvalue weighted by Gasteiger charge is 1.82. The van der Waals surface area contributed by atoms with Crippen LogP contribution in [0.5, 0.6) is 0 Å². The van der Waals surface area contributed by atoms with E-state index < -0.39 is 5.83 Å².